The lowest BCUT2D eigenvalue weighted by Gasteiger charge is -2.56. The van der Waals surface area contributed by atoms with E-state index in [4.69, 9.17) is 9.72 Å². The van der Waals surface area contributed by atoms with Crippen LogP contribution in [0.2, 0.25) is 0 Å². The van der Waals surface area contributed by atoms with Crippen molar-refractivity contribution in [2.45, 2.75) is 105 Å². The molecule has 6 aromatic carbocycles. The molecule has 8 aromatic rings. The number of halogens is 1. The molecule has 3 aliphatic rings. The number of fused-ring (bicyclic) bond motifs is 3. The molecule has 0 radical (unpaired) electrons. The standard InChI is InChI=1S/C59H62FN4O/c1-56(2,3)39-18-13-17-38(29-39)47-21-15-24-52-55(47)64(44-31-41(58(7,8)9)30-42(32-44)59(10,11)12)36-63(52,37-64)43-19-14-20-45(34-43)65-46-25-26-48-51(35-46)62(50-23-16-22-49(60)54(48)50)53-33-40(27-28-61-53)57(4,5)6/h13-36H,37H2,1-12H3/q+1/t63-,64+/m1/s1. The highest BCUT2D eigenvalue weighted by Gasteiger charge is 2.64. The van der Waals surface area contributed by atoms with E-state index < -0.39 is 0 Å². The molecule has 2 aromatic heterocycles. The molecule has 2 bridgehead atoms. The lowest BCUT2D eigenvalue weighted by Crippen LogP contribution is -2.67. The molecule has 65 heavy (non-hydrogen) atoms. The van der Waals surface area contributed by atoms with E-state index in [0.717, 1.165) is 45.9 Å². The van der Waals surface area contributed by atoms with Gasteiger partial charge in [-0.25, -0.2) is 9.37 Å². The van der Waals surface area contributed by atoms with Gasteiger partial charge in [-0.15, -0.1) is 0 Å². The first kappa shape index (κ1) is 42.8. The van der Waals surface area contributed by atoms with Gasteiger partial charge in [0, 0.05) is 52.9 Å². The van der Waals surface area contributed by atoms with Gasteiger partial charge in [-0.1, -0.05) is 132 Å². The number of ether oxygens (including phenoxy) is 1. The third kappa shape index (κ3) is 6.99. The van der Waals surface area contributed by atoms with Gasteiger partial charge in [-0.2, -0.15) is 0 Å². The molecule has 3 aliphatic heterocycles. The van der Waals surface area contributed by atoms with Crippen LogP contribution < -0.4 is 13.7 Å². The van der Waals surface area contributed by atoms with Crippen LogP contribution in [0.4, 0.5) is 27.1 Å². The largest absolute Gasteiger partial charge is 0.457 e. The molecule has 330 valence electrons. The summed E-state index contributed by atoms with van der Waals surface area (Å²) in [5.41, 5.74) is 14.2. The van der Waals surface area contributed by atoms with Gasteiger partial charge in [-0.05, 0) is 104 Å². The van der Waals surface area contributed by atoms with Crippen molar-refractivity contribution in [3.05, 3.63) is 174 Å². The first-order valence-corrected chi connectivity index (χ1v) is 23.1. The number of pyridine rings is 1. The number of benzene rings is 6. The highest BCUT2D eigenvalue weighted by atomic mass is 19.1. The maximum atomic E-state index is 15.7. The second-order valence-corrected chi connectivity index (χ2v) is 22.7. The zero-order valence-corrected chi connectivity index (χ0v) is 40.1. The van der Waals surface area contributed by atoms with Gasteiger partial charge in [-0.3, -0.25) is 13.5 Å². The molecule has 2 atom stereocenters. The zero-order valence-electron chi connectivity index (χ0n) is 40.1. The molecule has 6 heteroatoms. The van der Waals surface area contributed by atoms with Gasteiger partial charge in [0.2, 0.25) is 0 Å². The van der Waals surface area contributed by atoms with Crippen LogP contribution in [0.15, 0.2) is 140 Å². The molecule has 1 saturated heterocycles. The van der Waals surface area contributed by atoms with Gasteiger partial charge in [0.25, 0.3) is 0 Å². The average molecular weight is 862 g/mol. The second kappa shape index (κ2) is 14.5. The third-order valence-corrected chi connectivity index (χ3v) is 13.9. The maximum absolute atomic E-state index is 15.7. The van der Waals surface area contributed by atoms with E-state index in [-0.39, 0.29) is 27.5 Å². The topological polar surface area (TPSA) is 27.1 Å². The molecule has 0 unspecified atom stereocenters. The fourth-order valence-electron chi connectivity index (χ4n) is 10.1. The highest BCUT2D eigenvalue weighted by molar-refractivity contribution is 6.10. The first-order valence-electron chi connectivity index (χ1n) is 23.1. The summed E-state index contributed by atoms with van der Waals surface area (Å²) in [6, 6.07) is 47.3. The van der Waals surface area contributed by atoms with Crippen molar-refractivity contribution >= 4 is 44.6 Å². The summed E-state index contributed by atoms with van der Waals surface area (Å²) in [6.45, 7) is 30.7. The lowest BCUT2D eigenvalue weighted by atomic mass is 9.80. The quantitative estimate of drug-likeness (QED) is 0.123. The normalized spacial score (nSPS) is 18.5. The Balaban J connectivity index is 1.10. The fraction of sp³-hybridized carbons (Fsp3) is 0.288. The molecule has 0 spiro atoms. The Bertz CT molecular complexity index is 3160. The Labute approximate surface area is 384 Å². The SMILES string of the molecule is CC(C)(C)c1cccc(-c2cccc3c2[N@@+]2(c4cc(C(C)(C)C)cc(C(C)(C)C)c4)[CH-][N@+]3(c3cccc(Oc4ccc5c6c(F)cccc6n(-c6cc(C(C)(C)C)ccn6)c5c4)c3)C2)c1. The molecule has 1 fully saturated rings. The zero-order chi connectivity index (χ0) is 46.1. The van der Waals surface area contributed by atoms with Gasteiger partial charge >= 0.3 is 0 Å². The summed E-state index contributed by atoms with van der Waals surface area (Å²) >= 11 is 0. The minimum Gasteiger partial charge on any atom is -0.457 e. The van der Waals surface area contributed by atoms with Gasteiger partial charge in [0.1, 0.15) is 34.5 Å². The molecule has 0 amide bonds. The van der Waals surface area contributed by atoms with Crippen molar-refractivity contribution < 1.29 is 9.13 Å². The molecular weight excluding hydrogens is 800 g/mol. The monoisotopic (exact) mass is 861 g/mol. The number of quaternary nitrogens is 2. The summed E-state index contributed by atoms with van der Waals surface area (Å²) in [4.78, 5) is 4.82. The third-order valence-electron chi connectivity index (χ3n) is 13.9. The van der Waals surface area contributed by atoms with E-state index in [1.807, 2.05) is 36.5 Å². The van der Waals surface area contributed by atoms with E-state index in [0.29, 0.717) is 20.1 Å². The average Bonchev–Trinajstić information content (AvgIpc) is 3.84. The summed E-state index contributed by atoms with van der Waals surface area (Å²) < 4.78 is 25.8. The predicted octanol–water partition coefficient (Wildman–Crippen LogP) is 16.3. The lowest BCUT2D eigenvalue weighted by molar-refractivity contribution is 0.187. The van der Waals surface area contributed by atoms with Crippen molar-refractivity contribution in [3.63, 3.8) is 0 Å². The van der Waals surface area contributed by atoms with E-state index in [2.05, 4.69) is 185 Å². The number of hydrogen-bond acceptors (Lipinski definition) is 2. The smallest absolute Gasteiger partial charge is 0.188 e. The number of nitrogens with zero attached hydrogens (tertiary/aromatic N) is 4. The Morgan fingerprint density at radius 3 is 1.88 bits per heavy atom. The molecule has 11 rings (SSSR count). The van der Waals surface area contributed by atoms with E-state index in [1.165, 1.54) is 50.9 Å². The van der Waals surface area contributed by atoms with Crippen LogP contribution in [0, 0.1) is 12.5 Å². The van der Waals surface area contributed by atoms with Crippen LogP contribution in [0.5, 0.6) is 11.5 Å². The van der Waals surface area contributed by atoms with Crippen LogP contribution in [0.25, 0.3) is 38.8 Å². The molecule has 0 N–H and O–H groups in total. The minimum absolute atomic E-state index is 0.0145. The Kier molecular flexibility index (Phi) is 9.53. The van der Waals surface area contributed by atoms with Crippen LogP contribution in [-0.4, -0.2) is 16.2 Å². The Morgan fingerprint density at radius 1 is 0.554 bits per heavy atom. The van der Waals surface area contributed by atoms with Crippen LogP contribution >= 0.6 is 0 Å². The Morgan fingerprint density at radius 2 is 1.18 bits per heavy atom. The Hall–Kier alpha value is -6.08. The molecule has 5 heterocycles. The van der Waals surface area contributed by atoms with Crippen LogP contribution in [0.3, 0.4) is 0 Å². The number of hydrogen-bond donors (Lipinski definition) is 0. The first-order chi connectivity index (χ1) is 30.6. The number of para-hydroxylation sites is 1. The fourth-order valence-corrected chi connectivity index (χ4v) is 10.1. The maximum Gasteiger partial charge on any atom is 0.188 e. The summed E-state index contributed by atoms with van der Waals surface area (Å²) in [5.74, 6) is 1.89. The van der Waals surface area contributed by atoms with Crippen LogP contribution in [0.1, 0.15) is 105 Å². The highest BCUT2D eigenvalue weighted by Crippen LogP contribution is 2.68. The van der Waals surface area contributed by atoms with Gasteiger partial charge in [0.05, 0.1) is 17.7 Å². The number of aromatic nitrogens is 2. The van der Waals surface area contributed by atoms with Crippen molar-refractivity contribution in [1.29, 1.82) is 0 Å². The van der Waals surface area contributed by atoms with Crippen molar-refractivity contribution in [2.75, 3.05) is 6.67 Å². The molecular formula is C59H62FN4O+. The van der Waals surface area contributed by atoms with E-state index >= 15 is 4.39 Å². The van der Waals surface area contributed by atoms with Gasteiger partial charge < -0.3 is 4.74 Å². The molecule has 0 aliphatic carbocycles. The second-order valence-electron chi connectivity index (χ2n) is 22.7. The predicted molar refractivity (Wildman–Crippen MR) is 270 cm³/mol. The van der Waals surface area contributed by atoms with Crippen LogP contribution in [-0.2, 0) is 21.7 Å². The van der Waals surface area contributed by atoms with Gasteiger partial charge in [0.15, 0.2) is 18.0 Å². The van der Waals surface area contributed by atoms with Crippen molar-refractivity contribution in [1.82, 2.24) is 18.5 Å². The van der Waals surface area contributed by atoms with E-state index in [1.54, 1.807) is 6.07 Å². The summed E-state index contributed by atoms with van der Waals surface area (Å²) in [7, 11) is 0. The summed E-state index contributed by atoms with van der Waals surface area (Å²) in [6.07, 6.45) is 1.85. The van der Waals surface area contributed by atoms with E-state index in [9.17, 15) is 0 Å². The molecule has 5 nitrogen and oxygen atoms in total. The summed E-state index contributed by atoms with van der Waals surface area (Å²) in [5, 5.41) is 1.39. The number of rotatable bonds is 6. The molecule has 0 saturated carbocycles. The minimum atomic E-state index is -0.260. The van der Waals surface area contributed by atoms with Crippen molar-refractivity contribution in [2.24, 2.45) is 0 Å². The van der Waals surface area contributed by atoms with Crippen molar-refractivity contribution in [3.8, 4) is 28.4 Å².